The summed E-state index contributed by atoms with van der Waals surface area (Å²) in [7, 11) is 0. The average Bonchev–Trinajstić information content (AvgIpc) is 2.87. The van der Waals surface area contributed by atoms with E-state index >= 15 is 0 Å². The molecule has 0 amide bonds. The molecule has 0 bridgehead atoms. The van der Waals surface area contributed by atoms with Crippen molar-refractivity contribution in [3.05, 3.63) is 70.5 Å². The second-order valence-corrected chi connectivity index (χ2v) is 5.23. The van der Waals surface area contributed by atoms with Crippen LogP contribution in [0.2, 0.25) is 0 Å². The summed E-state index contributed by atoms with van der Waals surface area (Å²) in [5.41, 5.74) is 5.65. The Morgan fingerprint density at radius 1 is 0.950 bits per heavy atom. The van der Waals surface area contributed by atoms with E-state index in [-0.39, 0.29) is 0 Å². The first-order valence-corrected chi connectivity index (χ1v) is 7.38. The molecule has 3 rings (SSSR count). The number of rotatable bonds is 4. The lowest BCUT2D eigenvalue weighted by Crippen LogP contribution is -1.97. The van der Waals surface area contributed by atoms with Crippen molar-refractivity contribution in [1.82, 2.24) is 0 Å². The number of hydrogen-bond acceptors (Lipinski definition) is 1. The second kappa shape index (κ2) is 5.54. The molecule has 102 valence electrons. The van der Waals surface area contributed by atoms with Gasteiger partial charge >= 0.3 is 0 Å². The molecule has 1 aliphatic carbocycles. The first-order chi connectivity index (χ1) is 9.80. The van der Waals surface area contributed by atoms with Crippen molar-refractivity contribution < 1.29 is 4.74 Å². The zero-order valence-electron chi connectivity index (χ0n) is 12.1. The molecule has 0 saturated carbocycles. The predicted molar refractivity (Wildman–Crippen MR) is 83.9 cm³/mol. The van der Waals surface area contributed by atoms with Crippen LogP contribution >= 0.6 is 0 Å². The van der Waals surface area contributed by atoms with Crippen LogP contribution in [-0.2, 0) is 19.3 Å². The zero-order valence-corrected chi connectivity index (χ0v) is 12.1. The molecule has 1 nitrogen and oxygen atoms in total. The van der Waals surface area contributed by atoms with Crippen LogP contribution in [0.1, 0.15) is 36.1 Å². The molecule has 0 spiro atoms. The van der Waals surface area contributed by atoms with Crippen molar-refractivity contribution in [2.45, 2.75) is 33.1 Å². The van der Waals surface area contributed by atoms with Crippen molar-refractivity contribution >= 4 is 6.08 Å². The standard InChI is InChI=1S/C19H20O/c1-3-14-10-16-12-19(13-17(16)11-15(14)4-2)20-18-8-6-5-7-9-18/h5-12H,3-4,13H2,1-2H3. The topological polar surface area (TPSA) is 9.23 Å². The monoisotopic (exact) mass is 264 g/mol. The third-order valence-electron chi connectivity index (χ3n) is 3.90. The van der Waals surface area contributed by atoms with Gasteiger partial charge in [-0.3, -0.25) is 0 Å². The Kier molecular flexibility index (Phi) is 3.60. The fraction of sp³-hybridized carbons (Fsp3) is 0.263. The lowest BCUT2D eigenvalue weighted by molar-refractivity contribution is 0.421. The Morgan fingerprint density at radius 3 is 2.35 bits per heavy atom. The highest BCUT2D eigenvalue weighted by atomic mass is 16.5. The Bertz CT molecular complexity index is 638. The van der Waals surface area contributed by atoms with Crippen molar-refractivity contribution in [1.29, 1.82) is 0 Å². The Labute approximate surface area is 120 Å². The van der Waals surface area contributed by atoms with E-state index in [1.54, 1.807) is 0 Å². The molecule has 0 unspecified atom stereocenters. The predicted octanol–water partition coefficient (Wildman–Crippen LogP) is 4.79. The minimum atomic E-state index is 0.904. The lowest BCUT2D eigenvalue weighted by Gasteiger charge is -2.09. The van der Waals surface area contributed by atoms with Crippen LogP contribution in [0.25, 0.3) is 6.08 Å². The first kappa shape index (κ1) is 13.0. The number of aryl methyl sites for hydroxylation is 2. The summed E-state index contributed by atoms with van der Waals surface area (Å²) in [6.45, 7) is 4.45. The van der Waals surface area contributed by atoms with Gasteiger partial charge in [0.2, 0.25) is 0 Å². The van der Waals surface area contributed by atoms with Gasteiger partial charge in [-0.2, -0.15) is 0 Å². The van der Waals surface area contributed by atoms with Gasteiger partial charge in [0.05, 0.1) is 0 Å². The molecule has 1 heteroatoms. The number of ether oxygens (including phenoxy) is 1. The zero-order chi connectivity index (χ0) is 13.9. The van der Waals surface area contributed by atoms with Gasteiger partial charge in [0.1, 0.15) is 11.5 Å². The van der Waals surface area contributed by atoms with Crippen molar-refractivity contribution in [2.75, 3.05) is 0 Å². The van der Waals surface area contributed by atoms with Crippen LogP contribution < -0.4 is 4.74 Å². The largest absolute Gasteiger partial charge is 0.461 e. The third-order valence-corrected chi connectivity index (χ3v) is 3.90. The molecule has 2 aromatic carbocycles. The number of para-hydroxylation sites is 1. The molecule has 0 radical (unpaired) electrons. The summed E-state index contributed by atoms with van der Waals surface area (Å²) < 4.78 is 5.97. The van der Waals surface area contributed by atoms with E-state index < -0.39 is 0 Å². The van der Waals surface area contributed by atoms with Gasteiger partial charge in [-0.05, 0) is 53.3 Å². The van der Waals surface area contributed by atoms with Crippen LogP contribution in [0.15, 0.2) is 48.2 Å². The smallest absolute Gasteiger partial charge is 0.126 e. The Hall–Kier alpha value is -2.02. The first-order valence-electron chi connectivity index (χ1n) is 7.38. The minimum absolute atomic E-state index is 0.904. The molecule has 1 aliphatic rings. The van der Waals surface area contributed by atoms with E-state index in [4.69, 9.17) is 4.74 Å². The molecule has 2 aromatic rings. The normalized spacial score (nSPS) is 13.0. The van der Waals surface area contributed by atoms with E-state index in [1.807, 2.05) is 30.3 Å². The van der Waals surface area contributed by atoms with Crippen LogP contribution in [-0.4, -0.2) is 0 Å². The maximum absolute atomic E-state index is 5.97. The number of fused-ring (bicyclic) bond motifs is 1. The molecule has 0 aliphatic heterocycles. The maximum atomic E-state index is 5.97. The van der Waals surface area contributed by atoms with E-state index in [9.17, 15) is 0 Å². The third kappa shape index (κ3) is 2.49. The summed E-state index contributed by atoms with van der Waals surface area (Å²) in [6.07, 6.45) is 5.28. The van der Waals surface area contributed by atoms with Crippen LogP contribution in [0.3, 0.4) is 0 Å². The highest BCUT2D eigenvalue weighted by Crippen LogP contribution is 2.30. The average molecular weight is 264 g/mol. The minimum Gasteiger partial charge on any atom is -0.461 e. The molecule has 0 atom stereocenters. The maximum Gasteiger partial charge on any atom is 0.126 e. The van der Waals surface area contributed by atoms with Gasteiger partial charge in [0, 0.05) is 6.42 Å². The van der Waals surface area contributed by atoms with Crippen molar-refractivity contribution in [2.24, 2.45) is 0 Å². The van der Waals surface area contributed by atoms with Gasteiger partial charge in [-0.15, -0.1) is 0 Å². The molecule has 20 heavy (non-hydrogen) atoms. The van der Waals surface area contributed by atoms with Crippen LogP contribution in [0.5, 0.6) is 5.75 Å². The van der Waals surface area contributed by atoms with Gasteiger partial charge in [-0.25, -0.2) is 0 Å². The van der Waals surface area contributed by atoms with Gasteiger partial charge in [-0.1, -0.05) is 44.2 Å². The summed E-state index contributed by atoms with van der Waals surface area (Å²) in [6, 6.07) is 14.7. The summed E-state index contributed by atoms with van der Waals surface area (Å²) in [5.74, 6) is 1.96. The Balaban J connectivity index is 1.85. The van der Waals surface area contributed by atoms with E-state index in [2.05, 4.69) is 32.1 Å². The summed E-state index contributed by atoms with van der Waals surface area (Å²) in [4.78, 5) is 0. The van der Waals surface area contributed by atoms with Crippen LogP contribution in [0, 0.1) is 0 Å². The molecule has 0 saturated heterocycles. The number of hydrogen-bond donors (Lipinski definition) is 0. The number of benzene rings is 2. The second-order valence-electron chi connectivity index (χ2n) is 5.23. The van der Waals surface area contributed by atoms with Crippen LogP contribution in [0.4, 0.5) is 0 Å². The highest BCUT2D eigenvalue weighted by Gasteiger charge is 2.16. The summed E-state index contributed by atoms with van der Waals surface area (Å²) >= 11 is 0. The van der Waals surface area contributed by atoms with Gasteiger partial charge < -0.3 is 4.74 Å². The van der Waals surface area contributed by atoms with E-state index in [0.29, 0.717) is 0 Å². The molecule has 0 aromatic heterocycles. The van der Waals surface area contributed by atoms with Crippen molar-refractivity contribution in [3.63, 3.8) is 0 Å². The molecular formula is C19H20O. The molecule has 0 fully saturated rings. The van der Waals surface area contributed by atoms with E-state index in [0.717, 1.165) is 30.8 Å². The van der Waals surface area contributed by atoms with Gasteiger partial charge in [0.25, 0.3) is 0 Å². The van der Waals surface area contributed by atoms with Crippen molar-refractivity contribution in [3.8, 4) is 5.75 Å². The lowest BCUT2D eigenvalue weighted by atomic mass is 9.97. The fourth-order valence-electron chi connectivity index (χ4n) is 2.82. The molecular weight excluding hydrogens is 244 g/mol. The SMILES string of the molecule is CCc1cc2c(cc1CC)CC(Oc1ccccc1)=C2. The quantitative estimate of drug-likeness (QED) is 0.771. The summed E-state index contributed by atoms with van der Waals surface area (Å²) in [5, 5.41) is 0. The molecule has 0 N–H and O–H groups in total. The number of allylic oxidation sites excluding steroid dienone is 1. The fourth-order valence-corrected chi connectivity index (χ4v) is 2.82. The van der Waals surface area contributed by atoms with Gasteiger partial charge in [0.15, 0.2) is 0 Å². The molecule has 0 heterocycles. The highest BCUT2D eigenvalue weighted by molar-refractivity contribution is 5.64. The Morgan fingerprint density at radius 2 is 1.65 bits per heavy atom. The van der Waals surface area contributed by atoms with E-state index in [1.165, 1.54) is 22.3 Å².